The van der Waals surface area contributed by atoms with E-state index in [2.05, 4.69) is 0 Å². The first-order valence-electron chi connectivity index (χ1n) is 2.62. The van der Waals surface area contributed by atoms with Crippen LogP contribution >= 0.6 is 0 Å². The first-order chi connectivity index (χ1) is 3.80. The Morgan fingerprint density at radius 3 is 2.12 bits per heavy atom. The Morgan fingerprint density at radius 2 is 1.88 bits per heavy atom. The van der Waals surface area contributed by atoms with Gasteiger partial charge in [-0.05, 0) is 0 Å². The Labute approximate surface area is 50.2 Å². The second-order valence-corrected chi connectivity index (χ2v) is 1.86. The zero-order chi connectivity index (χ0) is 5.98. The molecule has 0 nitrogen and oxygen atoms in total. The molecule has 1 aliphatic carbocycles. The summed E-state index contributed by atoms with van der Waals surface area (Å²) >= 11 is 0. The van der Waals surface area contributed by atoms with Gasteiger partial charge in [-0.15, -0.1) is 12.2 Å². The lowest BCUT2D eigenvalue weighted by atomic mass is 10.2. The van der Waals surface area contributed by atoms with Crippen molar-refractivity contribution < 1.29 is 0 Å². The van der Waals surface area contributed by atoms with Crippen molar-refractivity contribution >= 4 is 0 Å². The van der Waals surface area contributed by atoms with Crippen molar-refractivity contribution in [3.05, 3.63) is 42.4 Å². The summed E-state index contributed by atoms with van der Waals surface area (Å²) in [7, 11) is 0. The third-order valence-electron chi connectivity index (χ3n) is 1.12. The van der Waals surface area contributed by atoms with Gasteiger partial charge in [-0.2, -0.15) is 5.57 Å². The molecule has 0 bridgehead atoms. The van der Waals surface area contributed by atoms with Crippen molar-refractivity contribution in [3.8, 4) is 0 Å². The SMILES string of the molecule is [CH-]C(C)=C1C=CC=C1. The van der Waals surface area contributed by atoms with Crippen LogP contribution in [-0.2, 0) is 0 Å². The Bertz CT molecular complexity index is 150. The lowest BCUT2D eigenvalue weighted by Crippen LogP contribution is -1.70. The van der Waals surface area contributed by atoms with Gasteiger partial charge in [0.15, 0.2) is 0 Å². The van der Waals surface area contributed by atoms with Gasteiger partial charge < -0.3 is 0 Å². The monoisotopic (exact) mass is 104 g/mol. The van der Waals surface area contributed by atoms with Crippen molar-refractivity contribution in [1.82, 2.24) is 0 Å². The molecule has 0 aromatic carbocycles. The van der Waals surface area contributed by atoms with Crippen LogP contribution in [0.15, 0.2) is 35.5 Å². The molecule has 0 unspecified atom stereocenters. The molecule has 0 aliphatic heterocycles. The van der Waals surface area contributed by atoms with Gasteiger partial charge in [0.1, 0.15) is 0 Å². The van der Waals surface area contributed by atoms with E-state index in [1.54, 1.807) is 0 Å². The van der Waals surface area contributed by atoms with Crippen molar-refractivity contribution in [2.24, 2.45) is 0 Å². The zero-order valence-electron chi connectivity index (χ0n) is 4.89. The maximum absolute atomic E-state index is 5.47. The Hall–Kier alpha value is -0.910. The number of rotatable bonds is 0. The van der Waals surface area contributed by atoms with Gasteiger partial charge in [0.25, 0.3) is 0 Å². The molecule has 8 heavy (non-hydrogen) atoms. The van der Waals surface area contributed by atoms with E-state index in [1.807, 2.05) is 31.2 Å². The third kappa shape index (κ3) is 0.836. The number of allylic oxidation sites excluding steroid dienone is 6. The molecule has 1 rings (SSSR count). The second kappa shape index (κ2) is 1.91. The van der Waals surface area contributed by atoms with Gasteiger partial charge in [0.2, 0.25) is 0 Å². The van der Waals surface area contributed by atoms with Gasteiger partial charge in [0.05, 0.1) is 0 Å². The third-order valence-corrected chi connectivity index (χ3v) is 1.12. The second-order valence-electron chi connectivity index (χ2n) is 1.86. The van der Waals surface area contributed by atoms with E-state index in [1.165, 1.54) is 0 Å². The highest BCUT2D eigenvalue weighted by atomic mass is 14.0. The average molecular weight is 104 g/mol. The molecular weight excluding hydrogens is 96.1 g/mol. The molecule has 0 saturated heterocycles. The van der Waals surface area contributed by atoms with Crippen LogP contribution in [0.25, 0.3) is 0 Å². The highest BCUT2D eigenvalue weighted by Gasteiger charge is 1.80. The van der Waals surface area contributed by atoms with Crippen molar-refractivity contribution in [1.29, 1.82) is 0 Å². The highest BCUT2D eigenvalue weighted by Crippen LogP contribution is 2.10. The Balaban J connectivity index is 2.90. The van der Waals surface area contributed by atoms with Gasteiger partial charge in [-0.3, -0.25) is 6.92 Å². The lowest BCUT2D eigenvalue weighted by molar-refractivity contribution is 1.47. The molecule has 0 heteroatoms. The first-order valence-corrected chi connectivity index (χ1v) is 2.62. The minimum absolute atomic E-state index is 0.884. The van der Waals surface area contributed by atoms with Crippen LogP contribution in [0, 0.1) is 6.92 Å². The van der Waals surface area contributed by atoms with Crippen LogP contribution in [0.5, 0.6) is 0 Å². The van der Waals surface area contributed by atoms with Gasteiger partial charge in [-0.25, -0.2) is 5.57 Å². The molecular formula is C8H8-. The molecule has 1 aliphatic rings. The maximum Gasteiger partial charge on any atom is -0.0736 e. The van der Waals surface area contributed by atoms with Crippen LogP contribution < -0.4 is 0 Å². The fourth-order valence-corrected chi connectivity index (χ4v) is 0.637. The van der Waals surface area contributed by atoms with E-state index in [9.17, 15) is 0 Å². The quantitative estimate of drug-likeness (QED) is 0.413. The molecule has 0 aromatic heterocycles. The summed E-state index contributed by atoms with van der Waals surface area (Å²) in [5.74, 6) is 0. The predicted molar refractivity (Wildman–Crippen MR) is 35.3 cm³/mol. The smallest absolute Gasteiger partial charge is 0.0736 e. The highest BCUT2D eigenvalue weighted by molar-refractivity contribution is 5.43. The standard InChI is InChI=1S/C8H8/c1-7(2)8-5-3-4-6-8/h1,3-6H,2H3/q-1. The molecule has 0 saturated carbocycles. The van der Waals surface area contributed by atoms with E-state index >= 15 is 0 Å². The first kappa shape index (κ1) is 5.23. The van der Waals surface area contributed by atoms with Crippen molar-refractivity contribution in [2.45, 2.75) is 6.92 Å². The Morgan fingerprint density at radius 1 is 1.38 bits per heavy atom. The molecule has 0 amide bonds. The molecule has 41 valence electrons. The zero-order valence-corrected chi connectivity index (χ0v) is 4.89. The number of hydrogen-bond donors (Lipinski definition) is 0. The summed E-state index contributed by atoms with van der Waals surface area (Å²) in [6, 6.07) is 0. The summed E-state index contributed by atoms with van der Waals surface area (Å²) in [5, 5.41) is 0. The predicted octanol–water partition coefficient (Wildman–Crippen LogP) is 2.14. The van der Waals surface area contributed by atoms with E-state index in [0.29, 0.717) is 0 Å². The minimum atomic E-state index is 0.884. The minimum Gasteiger partial charge on any atom is -0.289 e. The average Bonchev–Trinajstić information content (AvgIpc) is 2.12. The normalized spacial score (nSPS) is 15.4. The van der Waals surface area contributed by atoms with E-state index < -0.39 is 0 Å². The molecule has 0 atom stereocenters. The van der Waals surface area contributed by atoms with Gasteiger partial charge in [0, 0.05) is 0 Å². The summed E-state index contributed by atoms with van der Waals surface area (Å²) in [4.78, 5) is 0. The van der Waals surface area contributed by atoms with Crippen molar-refractivity contribution in [3.63, 3.8) is 0 Å². The van der Waals surface area contributed by atoms with Crippen LogP contribution in [0.2, 0.25) is 0 Å². The van der Waals surface area contributed by atoms with Crippen LogP contribution in [0.3, 0.4) is 0 Å². The molecule has 0 aromatic rings. The summed E-state index contributed by atoms with van der Waals surface area (Å²) < 4.78 is 0. The fraction of sp³-hybridized carbons (Fsp3) is 0.125. The van der Waals surface area contributed by atoms with Gasteiger partial charge in [-0.1, -0.05) is 19.1 Å². The summed E-state index contributed by atoms with van der Waals surface area (Å²) in [5.41, 5.74) is 2.01. The van der Waals surface area contributed by atoms with Crippen LogP contribution in [-0.4, -0.2) is 0 Å². The maximum atomic E-state index is 5.47. The Kier molecular flexibility index (Phi) is 1.25. The lowest BCUT2D eigenvalue weighted by Gasteiger charge is -2.03. The summed E-state index contributed by atoms with van der Waals surface area (Å²) in [6.45, 7) is 7.37. The van der Waals surface area contributed by atoms with E-state index in [-0.39, 0.29) is 0 Å². The molecule has 0 heterocycles. The van der Waals surface area contributed by atoms with Crippen LogP contribution in [0.4, 0.5) is 0 Å². The number of hydrogen-bond acceptors (Lipinski definition) is 0. The molecule has 0 fully saturated rings. The fourth-order valence-electron chi connectivity index (χ4n) is 0.637. The van der Waals surface area contributed by atoms with Gasteiger partial charge >= 0.3 is 0 Å². The topological polar surface area (TPSA) is 0 Å². The van der Waals surface area contributed by atoms with E-state index in [0.717, 1.165) is 11.1 Å². The molecule has 0 spiro atoms. The molecule has 1 radical (unpaired) electrons. The van der Waals surface area contributed by atoms with E-state index in [4.69, 9.17) is 6.92 Å². The summed E-state index contributed by atoms with van der Waals surface area (Å²) in [6.07, 6.45) is 7.95. The van der Waals surface area contributed by atoms with Crippen molar-refractivity contribution in [2.75, 3.05) is 0 Å². The largest absolute Gasteiger partial charge is 0.289 e. The molecule has 0 N–H and O–H groups in total. The van der Waals surface area contributed by atoms with Crippen LogP contribution in [0.1, 0.15) is 6.92 Å².